The number of aryl methyl sites for hydroxylation is 2. The van der Waals surface area contributed by atoms with Crippen molar-refractivity contribution in [1.82, 2.24) is 14.3 Å². The molecule has 1 saturated heterocycles. The Balaban J connectivity index is 1.45. The van der Waals surface area contributed by atoms with Gasteiger partial charge in [0.1, 0.15) is 5.82 Å². The summed E-state index contributed by atoms with van der Waals surface area (Å²) in [7, 11) is -3.58. The highest BCUT2D eigenvalue weighted by Crippen LogP contribution is 2.26. The normalized spacial score (nSPS) is 18.9. The Morgan fingerprint density at radius 3 is 2.42 bits per heavy atom. The second kappa shape index (κ2) is 9.30. The minimum atomic E-state index is -3.58. The molecular formula is C22H30ClN5O2S. The van der Waals surface area contributed by atoms with Gasteiger partial charge in [0, 0.05) is 49.0 Å². The molecular weight excluding hydrogens is 434 g/mol. The van der Waals surface area contributed by atoms with E-state index >= 15 is 0 Å². The van der Waals surface area contributed by atoms with E-state index < -0.39 is 10.0 Å². The van der Waals surface area contributed by atoms with Crippen LogP contribution in [0.25, 0.3) is 0 Å². The number of halogens is 1. The van der Waals surface area contributed by atoms with Gasteiger partial charge in [0.2, 0.25) is 16.0 Å². The lowest BCUT2D eigenvalue weighted by molar-refractivity contribution is 0.383. The van der Waals surface area contributed by atoms with Crippen LogP contribution >= 0.6 is 11.6 Å². The molecule has 0 radical (unpaired) electrons. The Labute approximate surface area is 189 Å². The largest absolute Gasteiger partial charge is 0.354 e. The Hall–Kier alpha value is -1.90. The fourth-order valence-corrected chi connectivity index (χ4v) is 6.27. The number of hydrogen-bond donors (Lipinski definition) is 1. The number of sulfonamides is 1. The van der Waals surface area contributed by atoms with E-state index in [0.29, 0.717) is 48.8 Å². The van der Waals surface area contributed by atoms with E-state index in [-0.39, 0.29) is 4.90 Å². The maximum Gasteiger partial charge on any atom is 0.243 e. The van der Waals surface area contributed by atoms with Crippen molar-refractivity contribution in [3.63, 3.8) is 0 Å². The zero-order valence-electron chi connectivity index (χ0n) is 18.1. The first-order valence-corrected chi connectivity index (χ1v) is 12.8. The molecule has 9 heteroatoms. The van der Waals surface area contributed by atoms with Gasteiger partial charge in [-0.1, -0.05) is 36.9 Å². The average molecular weight is 464 g/mol. The van der Waals surface area contributed by atoms with Crippen LogP contribution in [0.4, 0.5) is 11.8 Å². The number of benzene rings is 1. The fourth-order valence-electron chi connectivity index (χ4n) is 4.36. The number of hydrogen-bond acceptors (Lipinski definition) is 6. The van der Waals surface area contributed by atoms with E-state index in [9.17, 15) is 8.42 Å². The number of rotatable bonds is 5. The predicted molar refractivity (Wildman–Crippen MR) is 124 cm³/mol. The third kappa shape index (κ3) is 5.13. The van der Waals surface area contributed by atoms with Gasteiger partial charge < -0.3 is 10.2 Å². The molecule has 31 heavy (non-hydrogen) atoms. The van der Waals surface area contributed by atoms with E-state index in [1.165, 1.54) is 29.6 Å². The van der Waals surface area contributed by atoms with Gasteiger partial charge in [-0.25, -0.2) is 13.4 Å². The molecule has 2 heterocycles. The Morgan fingerprint density at radius 1 is 1.00 bits per heavy atom. The van der Waals surface area contributed by atoms with E-state index in [2.05, 4.69) is 15.2 Å². The molecule has 1 N–H and O–H groups in total. The summed E-state index contributed by atoms with van der Waals surface area (Å²) >= 11 is 6.05. The van der Waals surface area contributed by atoms with Gasteiger partial charge in [0.05, 0.1) is 4.90 Å². The van der Waals surface area contributed by atoms with Gasteiger partial charge in [0.25, 0.3) is 0 Å². The lowest BCUT2D eigenvalue weighted by atomic mass is 9.96. The zero-order chi connectivity index (χ0) is 22.0. The maximum absolute atomic E-state index is 13.1. The predicted octanol–water partition coefficient (Wildman–Crippen LogP) is 4.00. The van der Waals surface area contributed by atoms with Gasteiger partial charge in [-0.15, -0.1) is 0 Å². The van der Waals surface area contributed by atoms with Crippen molar-refractivity contribution in [2.75, 3.05) is 36.4 Å². The summed E-state index contributed by atoms with van der Waals surface area (Å²) in [5, 5.41) is 3.93. The van der Waals surface area contributed by atoms with Gasteiger partial charge >= 0.3 is 0 Å². The highest BCUT2D eigenvalue weighted by Gasteiger charge is 2.30. The summed E-state index contributed by atoms with van der Waals surface area (Å²) < 4.78 is 27.8. The molecule has 0 bridgehead atoms. The SMILES string of the molecule is Cc1cc(N2CCN(S(=O)(=O)c3cc(Cl)ccc3C)CC2)nc(NC2CCCCC2)n1. The van der Waals surface area contributed by atoms with E-state index in [4.69, 9.17) is 16.6 Å². The maximum atomic E-state index is 13.1. The summed E-state index contributed by atoms with van der Waals surface area (Å²) in [6.07, 6.45) is 6.12. The Kier molecular flexibility index (Phi) is 6.69. The van der Waals surface area contributed by atoms with E-state index in [1.807, 2.05) is 13.0 Å². The molecule has 2 aliphatic rings. The zero-order valence-corrected chi connectivity index (χ0v) is 19.7. The Morgan fingerprint density at radius 2 is 1.71 bits per heavy atom. The first-order chi connectivity index (χ1) is 14.8. The van der Waals surface area contributed by atoms with Crippen LogP contribution in [0.3, 0.4) is 0 Å². The van der Waals surface area contributed by atoms with Crippen LogP contribution in [0.1, 0.15) is 43.4 Å². The third-order valence-electron chi connectivity index (χ3n) is 6.11. The van der Waals surface area contributed by atoms with Crippen LogP contribution in [0.15, 0.2) is 29.2 Å². The fraction of sp³-hybridized carbons (Fsp3) is 0.545. The van der Waals surface area contributed by atoms with Crippen molar-refractivity contribution in [2.24, 2.45) is 0 Å². The van der Waals surface area contributed by atoms with Gasteiger partial charge in [-0.2, -0.15) is 9.29 Å². The molecule has 1 aliphatic heterocycles. The minimum absolute atomic E-state index is 0.283. The molecule has 1 aliphatic carbocycles. The number of anilines is 2. The second-order valence-electron chi connectivity index (χ2n) is 8.47. The first-order valence-electron chi connectivity index (χ1n) is 11.0. The number of nitrogens with one attached hydrogen (secondary N) is 1. The summed E-state index contributed by atoms with van der Waals surface area (Å²) in [4.78, 5) is 11.7. The summed E-state index contributed by atoms with van der Waals surface area (Å²) in [5.41, 5.74) is 1.62. The summed E-state index contributed by atoms with van der Waals surface area (Å²) in [6, 6.07) is 7.40. The molecule has 2 fully saturated rings. The number of aromatic nitrogens is 2. The molecule has 1 saturated carbocycles. The lowest BCUT2D eigenvalue weighted by Crippen LogP contribution is -2.49. The van der Waals surface area contributed by atoms with Gasteiger partial charge in [-0.05, 0) is 44.4 Å². The van der Waals surface area contributed by atoms with Crippen molar-refractivity contribution in [3.8, 4) is 0 Å². The molecule has 0 unspecified atom stereocenters. The molecule has 4 rings (SSSR count). The van der Waals surface area contributed by atoms with Crippen LogP contribution in [0.2, 0.25) is 5.02 Å². The molecule has 0 atom stereocenters. The molecule has 168 valence electrons. The molecule has 1 aromatic carbocycles. The lowest BCUT2D eigenvalue weighted by Gasteiger charge is -2.35. The van der Waals surface area contributed by atoms with Crippen LogP contribution in [-0.4, -0.2) is 54.9 Å². The summed E-state index contributed by atoms with van der Waals surface area (Å²) in [6.45, 7) is 5.74. The van der Waals surface area contributed by atoms with Crippen LogP contribution < -0.4 is 10.2 Å². The monoisotopic (exact) mass is 463 g/mol. The van der Waals surface area contributed by atoms with Gasteiger partial charge in [0.15, 0.2) is 0 Å². The molecule has 7 nitrogen and oxygen atoms in total. The van der Waals surface area contributed by atoms with Crippen LogP contribution in [-0.2, 0) is 10.0 Å². The average Bonchev–Trinajstić information content (AvgIpc) is 2.76. The number of piperazine rings is 1. The van der Waals surface area contributed by atoms with Crippen molar-refractivity contribution in [2.45, 2.75) is 56.9 Å². The molecule has 0 spiro atoms. The highest BCUT2D eigenvalue weighted by atomic mass is 35.5. The van der Waals surface area contributed by atoms with Crippen molar-refractivity contribution >= 4 is 33.4 Å². The third-order valence-corrected chi connectivity index (χ3v) is 8.39. The van der Waals surface area contributed by atoms with Crippen molar-refractivity contribution in [3.05, 3.63) is 40.5 Å². The Bertz CT molecular complexity index is 1030. The number of nitrogens with zero attached hydrogens (tertiary/aromatic N) is 4. The van der Waals surface area contributed by atoms with Crippen molar-refractivity contribution < 1.29 is 8.42 Å². The highest BCUT2D eigenvalue weighted by molar-refractivity contribution is 7.89. The molecule has 0 amide bonds. The topological polar surface area (TPSA) is 78.4 Å². The first kappa shape index (κ1) is 22.3. The van der Waals surface area contributed by atoms with E-state index in [0.717, 1.165) is 24.4 Å². The molecule has 1 aromatic heterocycles. The van der Waals surface area contributed by atoms with Crippen LogP contribution in [0, 0.1) is 13.8 Å². The van der Waals surface area contributed by atoms with Crippen molar-refractivity contribution in [1.29, 1.82) is 0 Å². The second-order valence-corrected chi connectivity index (χ2v) is 10.8. The van der Waals surface area contributed by atoms with Gasteiger partial charge in [-0.3, -0.25) is 0 Å². The van der Waals surface area contributed by atoms with Crippen LogP contribution in [0.5, 0.6) is 0 Å². The minimum Gasteiger partial charge on any atom is -0.354 e. The smallest absolute Gasteiger partial charge is 0.243 e. The van der Waals surface area contributed by atoms with E-state index in [1.54, 1.807) is 19.1 Å². The standard InChI is InChI=1S/C22H30ClN5O2S/c1-16-8-9-18(23)15-20(16)31(29,30)28-12-10-27(11-13-28)21-14-17(2)24-22(26-21)25-19-6-4-3-5-7-19/h8-9,14-15,19H,3-7,10-13H2,1-2H3,(H,24,25,26). The quantitative estimate of drug-likeness (QED) is 0.721. The summed E-state index contributed by atoms with van der Waals surface area (Å²) in [5.74, 6) is 1.52. The molecule has 2 aromatic rings.